The zero-order chi connectivity index (χ0) is 31.2. The van der Waals surface area contributed by atoms with Crippen molar-refractivity contribution < 1.29 is 27.4 Å². The number of nitrogen functional groups attached to an aromatic ring is 1. The SMILES string of the molecule is CC1(C)O[C@@H]2[C@@H](CN(CCCNC(=O)Nc3ccc(C(C)(C)C)cc3)S(C)(=O)=O)OC[C@@]2(n2cnc3c(N)ncnc32)O1. The number of nitrogens with zero attached hydrogens (tertiary/aromatic N) is 5. The molecule has 43 heavy (non-hydrogen) atoms. The number of imidazole rings is 1. The van der Waals surface area contributed by atoms with Gasteiger partial charge in [-0.2, -0.15) is 4.31 Å². The van der Waals surface area contributed by atoms with Crippen molar-refractivity contribution >= 4 is 38.7 Å². The summed E-state index contributed by atoms with van der Waals surface area (Å²) in [5.74, 6) is -0.753. The molecule has 1 aromatic carbocycles. The van der Waals surface area contributed by atoms with Gasteiger partial charge in [0, 0.05) is 25.3 Å². The number of rotatable bonds is 9. The topological polar surface area (TPSA) is 176 Å². The van der Waals surface area contributed by atoms with Crippen LogP contribution in [0.15, 0.2) is 36.9 Å². The van der Waals surface area contributed by atoms with Crippen molar-refractivity contribution in [3.8, 4) is 0 Å². The molecule has 0 saturated carbocycles. The Kier molecular flexibility index (Phi) is 8.15. The Hall–Kier alpha value is -3.37. The minimum absolute atomic E-state index is 0.0156. The molecule has 2 aromatic heterocycles. The van der Waals surface area contributed by atoms with Crippen LogP contribution in [0.5, 0.6) is 0 Å². The van der Waals surface area contributed by atoms with Crippen LogP contribution in [-0.2, 0) is 35.4 Å². The first-order valence-electron chi connectivity index (χ1n) is 14.1. The maximum Gasteiger partial charge on any atom is 0.319 e. The second kappa shape index (κ2) is 11.3. The molecule has 15 heteroatoms. The van der Waals surface area contributed by atoms with Gasteiger partial charge >= 0.3 is 6.03 Å². The van der Waals surface area contributed by atoms with Crippen molar-refractivity contribution in [2.75, 3.05) is 43.5 Å². The van der Waals surface area contributed by atoms with E-state index < -0.39 is 33.7 Å². The molecule has 4 heterocycles. The lowest BCUT2D eigenvalue weighted by Gasteiger charge is -2.29. The smallest absolute Gasteiger partial charge is 0.319 e. The number of aromatic nitrogens is 4. The number of carbonyl (C=O) groups excluding carboxylic acids is 1. The number of ether oxygens (including phenoxy) is 3. The first-order chi connectivity index (χ1) is 20.1. The predicted octanol–water partition coefficient (Wildman–Crippen LogP) is 2.38. The Morgan fingerprint density at radius 3 is 2.58 bits per heavy atom. The van der Waals surface area contributed by atoms with E-state index in [-0.39, 0.29) is 43.5 Å². The fraction of sp³-hybridized carbons (Fsp3) is 0.571. The standard InChI is InChI=1S/C28H40N8O6S/c1-26(2,3)18-8-10-19(11-9-18)34-25(37)30-12-7-13-35(43(6,38)39)14-20-22-28(15-40-20,42-27(4,5)41-22)36-17-33-21-23(29)31-16-32-24(21)36/h8-11,16-17,20,22H,7,12-15H2,1-6H3,(H2,29,31,32)(H2,30,34,37)/t20-,22-,28-/m1/s1. The lowest BCUT2D eigenvalue weighted by Crippen LogP contribution is -2.47. The summed E-state index contributed by atoms with van der Waals surface area (Å²) in [4.78, 5) is 25.2. The molecule has 0 spiro atoms. The molecule has 2 aliphatic rings. The van der Waals surface area contributed by atoms with Crippen molar-refractivity contribution in [3.05, 3.63) is 42.5 Å². The number of benzene rings is 1. The monoisotopic (exact) mass is 616 g/mol. The van der Waals surface area contributed by atoms with Crippen LogP contribution < -0.4 is 16.4 Å². The van der Waals surface area contributed by atoms with Crippen LogP contribution in [-0.4, -0.2) is 88.8 Å². The Labute approximate surface area is 251 Å². The average Bonchev–Trinajstić information content (AvgIpc) is 3.55. The van der Waals surface area contributed by atoms with Crippen molar-refractivity contribution in [3.63, 3.8) is 0 Å². The van der Waals surface area contributed by atoms with Gasteiger partial charge in [-0.1, -0.05) is 32.9 Å². The summed E-state index contributed by atoms with van der Waals surface area (Å²) in [5, 5.41) is 5.60. The molecule has 2 amide bonds. The highest BCUT2D eigenvalue weighted by molar-refractivity contribution is 7.88. The molecule has 0 bridgehead atoms. The second-order valence-electron chi connectivity index (χ2n) is 12.5. The zero-order valence-electron chi connectivity index (χ0n) is 25.3. The van der Waals surface area contributed by atoms with Crippen molar-refractivity contribution in [1.82, 2.24) is 29.1 Å². The summed E-state index contributed by atoms with van der Waals surface area (Å²) >= 11 is 0. The molecule has 2 fully saturated rings. The van der Waals surface area contributed by atoms with Gasteiger partial charge in [-0.05, 0) is 43.4 Å². The lowest BCUT2D eigenvalue weighted by atomic mass is 9.87. The third-order valence-corrected chi connectivity index (χ3v) is 8.89. The van der Waals surface area contributed by atoms with Gasteiger partial charge in [0.1, 0.15) is 24.1 Å². The van der Waals surface area contributed by atoms with Crippen LogP contribution in [0.3, 0.4) is 0 Å². The van der Waals surface area contributed by atoms with E-state index in [2.05, 4.69) is 46.4 Å². The van der Waals surface area contributed by atoms with Gasteiger partial charge < -0.3 is 30.6 Å². The zero-order valence-corrected chi connectivity index (χ0v) is 26.1. The molecule has 4 N–H and O–H groups in total. The van der Waals surface area contributed by atoms with Crippen molar-refractivity contribution in [1.29, 1.82) is 0 Å². The number of anilines is 2. The number of amides is 2. The number of sulfonamides is 1. The molecule has 14 nitrogen and oxygen atoms in total. The van der Waals surface area contributed by atoms with E-state index in [9.17, 15) is 13.2 Å². The van der Waals surface area contributed by atoms with E-state index in [0.29, 0.717) is 23.3 Å². The first kappa shape index (κ1) is 31.1. The number of nitrogens with two attached hydrogens (primary N) is 1. The number of urea groups is 1. The van der Waals surface area contributed by atoms with E-state index >= 15 is 0 Å². The molecule has 0 radical (unpaired) electrons. The highest BCUT2D eigenvalue weighted by Gasteiger charge is 2.63. The van der Waals surface area contributed by atoms with Gasteiger partial charge in [-0.25, -0.2) is 28.2 Å². The van der Waals surface area contributed by atoms with Crippen LogP contribution in [0.25, 0.3) is 11.2 Å². The van der Waals surface area contributed by atoms with E-state index in [0.717, 1.165) is 11.8 Å². The molecule has 234 valence electrons. The van der Waals surface area contributed by atoms with Gasteiger partial charge in [0.05, 0.1) is 19.2 Å². The minimum Gasteiger partial charge on any atom is -0.382 e. The fourth-order valence-electron chi connectivity index (χ4n) is 5.51. The van der Waals surface area contributed by atoms with E-state index in [4.69, 9.17) is 19.9 Å². The van der Waals surface area contributed by atoms with E-state index in [1.54, 1.807) is 24.7 Å². The number of hydrogen-bond acceptors (Lipinski definition) is 10. The maximum absolute atomic E-state index is 12.8. The molecule has 5 rings (SSSR count). The van der Waals surface area contributed by atoms with Crippen LogP contribution in [0.1, 0.15) is 46.6 Å². The number of carbonyl (C=O) groups is 1. The Morgan fingerprint density at radius 2 is 1.91 bits per heavy atom. The number of hydrogen-bond donors (Lipinski definition) is 3. The molecule has 2 aliphatic heterocycles. The van der Waals surface area contributed by atoms with Gasteiger partial charge in [0.15, 0.2) is 17.3 Å². The van der Waals surface area contributed by atoms with Gasteiger partial charge in [-0.3, -0.25) is 4.57 Å². The predicted molar refractivity (Wildman–Crippen MR) is 161 cm³/mol. The van der Waals surface area contributed by atoms with Crippen molar-refractivity contribution in [2.24, 2.45) is 0 Å². The second-order valence-corrected chi connectivity index (χ2v) is 14.4. The normalized spacial score (nSPS) is 23.5. The third kappa shape index (κ3) is 6.45. The molecular formula is C28H40N8O6S. The van der Waals surface area contributed by atoms with Gasteiger partial charge in [0.25, 0.3) is 0 Å². The minimum atomic E-state index is -3.62. The van der Waals surface area contributed by atoms with Crippen LogP contribution >= 0.6 is 0 Å². The quantitative estimate of drug-likeness (QED) is 0.303. The maximum atomic E-state index is 12.8. The molecule has 3 atom stereocenters. The number of nitrogens with one attached hydrogen (secondary N) is 2. The molecule has 2 saturated heterocycles. The van der Waals surface area contributed by atoms with Gasteiger partial charge in [-0.15, -0.1) is 0 Å². The van der Waals surface area contributed by atoms with E-state index in [1.165, 1.54) is 10.6 Å². The Morgan fingerprint density at radius 1 is 1.19 bits per heavy atom. The average molecular weight is 617 g/mol. The first-order valence-corrected chi connectivity index (χ1v) is 16.0. The summed E-state index contributed by atoms with van der Waals surface area (Å²) in [6.07, 6.45) is 3.11. The molecule has 0 unspecified atom stereocenters. The molecule has 3 aromatic rings. The summed E-state index contributed by atoms with van der Waals surface area (Å²) in [6, 6.07) is 7.32. The third-order valence-electron chi connectivity index (χ3n) is 7.62. The fourth-order valence-corrected chi connectivity index (χ4v) is 6.39. The Balaban J connectivity index is 1.22. The van der Waals surface area contributed by atoms with Crippen LogP contribution in [0.2, 0.25) is 0 Å². The summed E-state index contributed by atoms with van der Waals surface area (Å²) in [5.41, 5.74) is 7.59. The largest absolute Gasteiger partial charge is 0.382 e. The molecular weight excluding hydrogens is 576 g/mol. The van der Waals surface area contributed by atoms with Crippen LogP contribution in [0, 0.1) is 0 Å². The Bertz CT molecular complexity index is 1590. The van der Waals surface area contributed by atoms with Gasteiger partial charge in [0.2, 0.25) is 15.7 Å². The molecule has 0 aliphatic carbocycles. The summed E-state index contributed by atoms with van der Waals surface area (Å²) in [6.45, 7) is 10.5. The number of fused-ring (bicyclic) bond motifs is 2. The highest BCUT2D eigenvalue weighted by Crippen LogP contribution is 2.47. The van der Waals surface area contributed by atoms with E-state index in [1.807, 2.05) is 24.3 Å². The lowest BCUT2D eigenvalue weighted by molar-refractivity contribution is -0.205. The van der Waals surface area contributed by atoms with Crippen molar-refractivity contribution in [2.45, 2.75) is 70.2 Å². The highest BCUT2D eigenvalue weighted by atomic mass is 32.2. The summed E-state index contributed by atoms with van der Waals surface area (Å²) in [7, 11) is -3.62. The van der Waals surface area contributed by atoms with Crippen LogP contribution in [0.4, 0.5) is 16.3 Å². The summed E-state index contributed by atoms with van der Waals surface area (Å²) < 4.78 is 47.4.